The van der Waals surface area contributed by atoms with Crippen molar-refractivity contribution in [3.05, 3.63) is 24.7 Å². The molecule has 26 heavy (non-hydrogen) atoms. The van der Waals surface area contributed by atoms with Crippen LogP contribution in [0.3, 0.4) is 0 Å². The van der Waals surface area contributed by atoms with Crippen molar-refractivity contribution in [3.8, 4) is 0 Å². The molecule has 1 aliphatic heterocycles. The van der Waals surface area contributed by atoms with Gasteiger partial charge in [0.25, 0.3) is 0 Å². The second-order valence-corrected chi connectivity index (χ2v) is 8.51. The zero-order valence-electron chi connectivity index (χ0n) is 15.6. The van der Waals surface area contributed by atoms with Gasteiger partial charge in [0.1, 0.15) is 0 Å². The maximum Gasteiger partial charge on any atom is 0.319 e. The summed E-state index contributed by atoms with van der Waals surface area (Å²) in [6.07, 6.45) is 8.44. The van der Waals surface area contributed by atoms with E-state index in [0.717, 1.165) is 37.5 Å². The van der Waals surface area contributed by atoms with Gasteiger partial charge in [-0.1, -0.05) is 0 Å². The van der Waals surface area contributed by atoms with Gasteiger partial charge in [-0.25, -0.2) is 9.78 Å². The number of carbonyl (C=O) groups excluding carboxylic acids is 1. The molecular formula is C18H26N6OS. The molecule has 1 aliphatic carbocycles. The lowest BCUT2D eigenvalue weighted by Crippen LogP contribution is -2.51. The Bertz CT molecular complexity index is 807. The number of amides is 2. The predicted octanol–water partition coefficient (Wildman–Crippen LogP) is 2.29. The van der Waals surface area contributed by atoms with E-state index in [9.17, 15) is 4.79 Å². The molecule has 2 amide bonds. The van der Waals surface area contributed by atoms with Crippen LogP contribution in [0.25, 0.3) is 5.65 Å². The molecule has 0 unspecified atom stereocenters. The molecule has 0 atom stereocenters. The molecule has 1 N–H and O–H groups in total. The SMILES string of the molecule is CN(C)C(=O)N1CCN(c2cc(SNC3(C)CC3)cn3ccnc23)CC1. The van der Waals surface area contributed by atoms with E-state index >= 15 is 0 Å². The van der Waals surface area contributed by atoms with Crippen molar-refractivity contribution >= 4 is 29.3 Å². The van der Waals surface area contributed by atoms with E-state index in [-0.39, 0.29) is 11.6 Å². The minimum atomic E-state index is 0.0850. The first kappa shape index (κ1) is 17.5. The fraction of sp³-hybridized carbons (Fsp3) is 0.556. The quantitative estimate of drug-likeness (QED) is 0.832. The summed E-state index contributed by atoms with van der Waals surface area (Å²) >= 11 is 1.70. The second-order valence-electron chi connectivity index (χ2n) is 7.64. The Morgan fingerprint density at radius 3 is 2.65 bits per heavy atom. The van der Waals surface area contributed by atoms with Crippen LogP contribution < -0.4 is 9.62 Å². The third-order valence-corrected chi connectivity index (χ3v) is 6.19. The van der Waals surface area contributed by atoms with Crippen LogP contribution in [0.5, 0.6) is 0 Å². The van der Waals surface area contributed by atoms with E-state index in [1.165, 1.54) is 17.7 Å². The first-order valence-electron chi connectivity index (χ1n) is 9.07. The van der Waals surface area contributed by atoms with Crippen LogP contribution >= 0.6 is 11.9 Å². The van der Waals surface area contributed by atoms with Gasteiger partial charge in [-0.3, -0.25) is 4.72 Å². The minimum Gasteiger partial charge on any atom is -0.365 e. The van der Waals surface area contributed by atoms with Crippen molar-refractivity contribution in [2.75, 3.05) is 45.2 Å². The first-order valence-corrected chi connectivity index (χ1v) is 9.89. The Morgan fingerprint density at radius 1 is 1.27 bits per heavy atom. The average Bonchev–Trinajstić information content (AvgIpc) is 3.19. The molecule has 140 valence electrons. The van der Waals surface area contributed by atoms with Crippen molar-refractivity contribution in [2.24, 2.45) is 0 Å². The third-order valence-electron chi connectivity index (χ3n) is 5.13. The molecule has 1 saturated carbocycles. The number of nitrogens with one attached hydrogen (secondary N) is 1. The fourth-order valence-corrected chi connectivity index (χ4v) is 4.08. The van der Waals surface area contributed by atoms with E-state index in [1.807, 2.05) is 17.3 Å². The van der Waals surface area contributed by atoms with Gasteiger partial charge in [-0.05, 0) is 37.8 Å². The number of hydrogen-bond donors (Lipinski definition) is 1. The number of anilines is 1. The number of rotatable bonds is 4. The van der Waals surface area contributed by atoms with Crippen molar-refractivity contribution in [2.45, 2.75) is 30.2 Å². The van der Waals surface area contributed by atoms with E-state index in [4.69, 9.17) is 0 Å². The van der Waals surface area contributed by atoms with Gasteiger partial charge >= 0.3 is 6.03 Å². The maximum absolute atomic E-state index is 12.2. The zero-order valence-corrected chi connectivity index (χ0v) is 16.4. The van der Waals surface area contributed by atoms with Crippen LogP contribution in [0.15, 0.2) is 29.6 Å². The molecule has 1 saturated heterocycles. The molecular weight excluding hydrogens is 348 g/mol. The molecule has 2 aromatic rings. The topological polar surface area (TPSA) is 56.1 Å². The standard InChI is InChI=1S/C18H26N6OS/c1-18(4-5-18)20-26-14-12-15(16-19-6-7-24(16)13-14)22-8-10-23(11-9-22)17(25)21(2)3/h6-7,12-13,20H,4-5,8-11H2,1-3H3. The number of pyridine rings is 1. The number of carbonyl (C=O) groups is 1. The van der Waals surface area contributed by atoms with Crippen molar-refractivity contribution in [1.82, 2.24) is 23.9 Å². The second kappa shape index (κ2) is 6.66. The Balaban J connectivity index is 1.52. The van der Waals surface area contributed by atoms with Gasteiger partial charge in [0.05, 0.1) is 5.69 Å². The van der Waals surface area contributed by atoms with Crippen molar-refractivity contribution in [1.29, 1.82) is 0 Å². The van der Waals surface area contributed by atoms with Gasteiger partial charge in [-0.15, -0.1) is 0 Å². The van der Waals surface area contributed by atoms with Crippen molar-refractivity contribution < 1.29 is 4.79 Å². The lowest BCUT2D eigenvalue weighted by atomic mass is 10.2. The van der Waals surface area contributed by atoms with Crippen LogP contribution in [0.4, 0.5) is 10.5 Å². The van der Waals surface area contributed by atoms with Gasteiger partial charge in [0.15, 0.2) is 5.65 Å². The molecule has 0 spiro atoms. The van der Waals surface area contributed by atoms with Gasteiger partial charge in [0.2, 0.25) is 0 Å². The maximum atomic E-state index is 12.2. The summed E-state index contributed by atoms with van der Waals surface area (Å²) in [4.78, 5) is 23.8. The summed E-state index contributed by atoms with van der Waals surface area (Å²) in [7, 11) is 3.60. The van der Waals surface area contributed by atoms with E-state index in [0.29, 0.717) is 0 Å². The van der Waals surface area contributed by atoms with Crippen LogP contribution in [0, 0.1) is 0 Å². The Labute approximate surface area is 158 Å². The van der Waals surface area contributed by atoms with E-state index < -0.39 is 0 Å². The van der Waals surface area contributed by atoms with Crippen molar-refractivity contribution in [3.63, 3.8) is 0 Å². The highest BCUT2D eigenvalue weighted by Gasteiger charge is 2.37. The van der Waals surface area contributed by atoms with Gasteiger partial charge < -0.3 is 19.1 Å². The molecule has 0 aromatic carbocycles. The number of aromatic nitrogens is 2. The lowest BCUT2D eigenvalue weighted by Gasteiger charge is -2.37. The Hall–Kier alpha value is -1.93. The smallest absolute Gasteiger partial charge is 0.319 e. The highest BCUT2D eigenvalue weighted by Crippen LogP contribution is 2.38. The minimum absolute atomic E-state index is 0.0850. The summed E-state index contributed by atoms with van der Waals surface area (Å²) < 4.78 is 5.67. The summed E-state index contributed by atoms with van der Waals surface area (Å²) in [6, 6.07) is 2.30. The summed E-state index contributed by atoms with van der Waals surface area (Å²) in [6.45, 7) is 5.37. The Kier molecular flexibility index (Phi) is 4.48. The third kappa shape index (κ3) is 3.48. The molecule has 2 fully saturated rings. The number of hydrogen-bond acceptors (Lipinski definition) is 5. The van der Waals surface area contributed by atoms with Crippen LogP contribution in [-0.2, 0) is 0 Å². The molecule has 3 heterocycles. The summed E-state index contributed by atoms with van der Waals surface area (Å²) in [5, 5.41) is 0. The molecule has 0 bridgehead atoms. The lowest BCUT2D eigenvalue weighted by molar-refractivity contribution is 0.168. The highest BCUT2D eigenvalue weighted by molar-refractivity contribution is 7.97. The monoisotopic (exact) mass is 374 g/mol. The normalized spacial score (nSPS) is 19.0. The molecule has 4 rings (SSSR count). The summed E-state index contributed by atoms with van der Waals surface area (Å²) in [5.74, 6) is 0. The van der Waals surface area contributed by atoms with Gasteiger partial charge in [-0.2, -0.15) is 0 Å². The van der Waals surface area contributed by atoms with Crippen LogP contribution in [0.1, 0.15) is 19.8 Å². The van der Waals surface area contributed by atoms with E-state index in [2.05, 4.69) is 38.2 Å². The number of urea groups is 1. The summed E-state index contributed by atoms with van der Waals surface area (Å²) in [5.41, 5.74) is 2.39. The largest absolute Gasteiger partial charge is 0.365 e. The molecule has 8 heteroatoms. The number of nitrogens with zero attached hydrogens (tertiary/aromatic N) is 5. The first-order chi connectivity index (χ1) is 12.5. The molecule has 7 nitrogen and oxygen atoms in total. The molecule has 2 aromatic heterocycles. The fourth-order valence-electron chi connectivity index (χ4n) is 3.17. The van der Waals surface area contributed by atoms with E-state index in [1.54, 1.807) is 30.9 Å². The average molecular weight is 375 g/mol. The number of fused-ring (bicyclic) bond motifs is 1. The highest BCUT2D eigenvalue weighted by atomic mass is 32.2. The Morgan fingerprint density at radius 2 is 2.00 bits per heavy atom. The van der Waals surface area contributed by atoms with Crippen LogP contribution in [-0.4, -0.2) is 71.0 Å². The van der Waals surface area contributed by atoms with Crippen LogP contribution in [0.2, 0.25) is 0 Å². The zero-order chi connectivity index (χ0) is 18.3. The van der Waals surface area contributed by atoms with Gasteiger partial charge in [0, 0.05) is 69.3 Å². The predicted molar refractivity (Wildman–Crippen MR) is 105 cm³/mol. The number of piperazine rings is 1. The molecule has 0 radical (unpaired) electrons. The molecule has 2 aliphatic rings. The number of imidazole rings is 1.